The first-order valence-electron chi connectivity index (χ1n) is 9.83. The van der Waals surface area contributed by atoms with Crippen molar-refractivity contribution >= 4 is 39.1 Å². The Bertz CT molecular complexity index is 1100. The molecule has 31 heavy (non-hydrogen) atoms. The molecule has 0 spiro atoms. The summed E-state index contributed by atoms with van der Waals surface area (Å²) in [5, 5.41) is 2.56. The van der Waals surface area contributed by atoms with E-state index in [1.165, 1.54) is 34.5 Å². The van der Waals surface area contributed by atoms with E-state index in [1.54, 1.807) is 38.1 Å². The maximum Gasteiger partial charge on any atom is 0.262 e. The number of rotatable bonds is 6. The largest absolute Gasteiger partial charge is 0.477 e. The molecule has 0 saturated heterocycles. The predicted molar refractivity (Wildman–Crippen MR) is 118 cm³/mol. The Kier molecular flexibility index (Phi) is 6.88. The molecule has 0 radical (unpaired) electrons. The van der Waals surface area contributed by atoms with Gasteiger partial charge in [0.25, 0.3) is 11.8 Å². The first-order chi connectivity index (χ1) is 14.7. The second-order valence-electron chi connectivity index (χ2n) is 6.84. The number of amides is 2. The van der Waals surface area contributed by atoms with Gasteiger partial charge in [0.05, 0.1) is 17.3 Å². The summed E-state index contributed by atoms with van der Waals surface area (Å²) < 4.78 is 33.0. The van der Waals surface area contributed by atoms with E-state index in [-0.39, 0.29) is 41.0 Å². The molecule has 1 aliphatic rings. The van der Waals surface area contributed by atoms with Gasteiger partial charge >= 0.3 is 0 Å². The minimum absolute atomic E-state index is 0.0176. The van der Waals surface area contributed by atoms with Crippen LogP contribution in [0.25, 0.3) is 0 Å². The molecule has 3 rings (SSSR count). The van der Waals surface area contributed by atoms with E-state index in [0.717, 1.165) is 0 Å². The number of nitrogens with zero attached hydrogens (tertiary/aromatic N) is 2. The fourth-order valence-electron chi connectivity index (χ4n) is 3.42. The molecule has 1 aliphatic heterocycles. The molecule has 0 aliphatic carbocycles. The third kappa shape index (κ3) is 4.39. The van der Waals surface area contributed by atoms with E-state index >= 15 is 0 Å². The first-order valence-corrected chi connectivity index (χ1v) is 11.6. The molecular weight excluding hydrogens is 442 g/mol. The summed E-state index contributed by atoms with van der Waals surface area (Å²) in [7, 11) is -2.38. The Hall–Kier alpha value is -2.62. The number of para-hydroxylation sites is 2. The Morgan fingerprint density at radius 2 is 1.87 bits per heavy atom. The van der Waals surface area contributed by atoms with Crippen molar-refractivity contribution in [3.63, 3.8) is 0 Å². The number of hydrogen-bond acceptors (Lipinski definition) is 5. The lowest BCUT2D eigenvalue weighted by Gasteiger charge is -2.34. The molecule has 2 aromatic carbocycles. The molecule has 10 heteroatoms. The number of carbonyl (C=O) groups is 2. The normalized spacial score (nSPS) is 15.9. The number of likely N-dealkylation sites (N-methyl/N-ethyl adjacent to an activating group) is 1. The van der Waals surface area contributed by atoms with Gasteiger partial charge in [0.1, 0.15) is 10.6 Å². The van der Waals surface area contributed by atoms with Gasteiger partial charge in [0.15, 0.2) is 6.10 Å². The summed E-state index contributed by atoms with van der Waals surface area (Å²) in [6.45, 7) is 3.99. The highest BCUT2D eigenvalue weighted by Gasteiger charge is 2.34. The molecular formula is C21H24ClN3O5S. The Balaban J connectivity index is 2.04. The van der Waals surface area contributed by atoms with Crippen molar-refractivity contribution < 1.29 is 22.7 Å². The fourth-order valence-corrected chi connectivity index (χ4v) is 5.38. The average molecular weight is 466 g/mol. The quantitative estimate of drug-likeness (QED) is 0.707. The smallest absolute Gasteiger partial charge is 0.262 e. The standard InChI is InChI=1S/C21H24ClN3O5S/c1-4-24(5-2)31(28,29)19-12-14(10-11-15(19)22)21(27)25-13-18(20(26)23-3)30-17-9-7-6-8-16(17)25/h6-12,18H,4-5,13H2,1-3H3,(H,23,26). The third-order valence-electron chi connectivity index (χ3n) is 5.06. The van der Waals surface area contributed by atoms with Gasteiger partial charge in [-0.05, 0) is 30.3 Å². The van der Waals surface area contributed by atoms with E-state index in [9.17, 15) is 18.0 Å². The molecule has 0 saturated carbocycles. The number of ether oxygens (including phenoxy) is 1. The molecule has 1 unspecified atom stereocenters. The summed E-state index contributed by atoms with van der Waals surface area (Å²) in [4.78, 5) is 26.9. The molecule has 0 aromatic heterocycles. The van der Waals surface area contributed by atoms with Crippen molar-refractivity contribution in [2.75, 3.05) is 31.6 Å². The van der Waals surface area contributed by atoms with Crippen LogP contribution in [0.15, 0.2) is 47.4 Å². The van der Waals surface area contributed by atoms with Gasteiger partial charge in [-0.25, -0.2) is 8.42 Å². The van der Waals surface area contributed by atoms with Crippen molar-refractivity contribution in [2.45, 2.75) is 24.8 Å². The summed E-state index contributed by atoms with van der Waals surface area (Å²) in [6, 6.07) is 11.0. The maximum atomic E-state index is 13.4. The van der Waals surface area contributed by atoms with Gasteiger partial charge < -0.3 is 15.0 Å². The number of benzene rings is 2. The Labute approximate surface area is 186 Å². The highest BCUT2D eigenvalue weighted by atomic mass is 35.5. The SMILES string of the molecule is CCN(CC)S(=O)(=O)c1cc(C(=O)N2CC(C(=O)NC)Oc3ccccc32)ccc1Cl. The van der Waals surface area contributed by atoms with Crippen LogP contribution in [0.3, 0.4) is 0 Å². The van der Waals surface area contributed by atoms with E-state index in [1.807, 2.05) is 0 Å². The molecule has 2 amide bonds. The highest BCUT2D eigenvalue weighted by molar-refractivity contribution is 7.89. The van der Waals surface area contributed by atoms with Crippen LogP contribution in [0.4, 0.5) is 5.69 Å². The van der Waals surface area contributed by atoms with E-state index < -0.39 is 22.0 Å². The summed E-state index contributed by atoms with van der Waals surface area (Å²) in [5.74, 6) is -0.439. The van der Waals surface area contributed by atoms with E-state index in [0.29, 0.717) is 11.4 Å². The summed E-state index contributed by atoms with van der Waals surface area (Å²) in [6.07, 6.45) is -0.893. The minimum atomic E-state index is -3.87. The summed E-state index contributed by atoms with van der Waals surface area (Å²) >= 11 is 6.19. The van der Waals surface area contributed by atoms with Gasteiger partial charge in [-0.3, -0.25) is 9.59 Å². The van der Waals surface area contributed by atoms with E-state index in [2.05, 4.69) is 5.32 Å². The van der Waals surface area contributed by atoms with Crippen LogP contribution in [0.2, 0.25) is 5.02 Å². The summed E-state index contributed by atoms with van der Waals surface area (Å²) in [5.41, 5.74) is 0.637. The maximum absolute atomic E-state index is 13.4. The molecule has 0 fully saturated rings. The number of sulfonamides is 1. The van der Waals surface area contributed by atoms with Gasteiger partial charge in [-0.2, -0.15) is 4.31 Å². The van der Waals surface area contributed by atoms with Crippen LogP contribution in [0.5, 0.6) is 5.75 Å². The lowest BCUT2D eigenvalue weighted by atomic mass is 10.1. The van der Waals surface area contributed by atoms with Crippen LogP contribution in [0.1, 0.15) is 24.2 Å². The lowest BCUT2D eigenvalue weighted by molar-refractivity contribution is -0.127. The van der Waals surface area contributed by atoms with Gasteiger partial charge in [-0.1, -0.05) is 37.6 Å². The Morgan fingerprint density at radius 1 is 1.19 bits per heavy atom. The number of anilines is 1. The third-order valence-corrected chi connectivity index (χ3v) is 7.59. The average Bonchev–Trinajstić information content (AvgIpc) is 2.78. The van der Waals surface area contributed by atoms with Crippen molar-refractivity contribution in [3.8, 4) is 5.75 Å². The zero-order valence-electron chi connectivity index (χ0n) is 17.5. The van der Waals surface area contributed by atoms with E-state index in [4.69, 9.17) is 16.3 Å². The second-order valence-corrected chi connectivity index (χ2v) is 9.15. The number of halogens is 1. The van der Waals surface area contributed by atoms with Crippen molar-refractivity contribution in [1.82, 2.24) is 9.62 Å². The molecule has 0 bridgehead atoms. The van der Waals surface area contributed by atoms with Crippen LogP contribution in [0, 0.1) is 0 Å². The second kappa shape index (κ2) is 9.25. The molecule has 2 aromatic rings. The van der Waals surface area contributed by atoms with Crippen LogP contribution < -0.4 is 15.0 Å². The van der Waals surface area contributed by atoms with Crippen molar-refractivity contribution in [3.05, 3.63) is 53.1 Å². The molecule has 1 N–H and O–H groups in total. The molecule has 1 atom stereocenters. The van der Waals surface area contributed by atoms with Crippen LogP contribution in [-0.2, 0) is 14.8 Å². The minimum Gasteiger partial charge on any atom is -0.477 e. The number of nitrogens with one attached hydrogen (secondary N) is 1. The Morgan fingerprint density at radius 3 is 2.52 bits per heavy atom. The van der Waals surface area contributed by atoms with Crippen LogP contribution in [-0.4, -0.2) is 57.3 Å². The van der Waals surface area contributed by atoms with Gasteiger partial charge in [0.2, 0.25) is 10.0 Å². The zero-order chi connectivity index (χ0) is 22.8. The number of fused-ring (bicyclic) bond motifs is 1. The number of hydrogen-bond donors (Lipinski definition) is 1. The molecule has 166 valence electrons. The number of carbonyl (C=O) groups excluding carboxylic acids is 2. The molecule has 8 nitrogen and oxygen atoms in total. The predicted octanol–water partition coefficient (Wildman–Crippen LogP) is 2.52. The van der Waals surface area contributed by atoms with Crippen molar-refractivity contribution in [1.29, 1.82) is 0 Å². The molecule has 1 heterocycles. The fraction of sp³-hybridized carbons (Fsp3) is 0.333. The highest BCUT2D eigenvalue weighted by Crippen LogP contribution is 2.35. The zero-order valence-corrected chi connectivity index (χ0v) is 19.0. The van der Waals surface area contributed by atoms with Crippen molar-refractivity contribution in [2.24, 2.45) is 0 Å². The monoisotopic (exact) mass is 465 g/mol. The van der Waals surface area contributed by atoms with Gasteiger partial charge in [-0.15, -0.1) is 0 Å². The first kappa shape index (κ1) is 23.1. The topological polar surface area (TPSA) is 96.0 Å². The van der Waals surface area contributed by atoms with Gasteiger partial charge in [0, 0.05) is 25.7 Å². The van der Waals surface area contributed by atoms with Crippen LogP contribution >= 0.6 is 11.6 Å². The lowest BCUT2D eigenvalue weighted by Crippen LogP contribution is -2.50.